The van der Waals surface area contributed by atoms with Gasteiger partial charge >= 0.3 is 10.1 Å². The van der Waals surface area contributed by atoms with Gasteiger partial charge in [-0.2, -0.15) is 8.42 Å². The topological polar surface area (TPSA) is 72.5 Å². The smallest absolute Gasteiger partial charge is 0.339 e. The van der Waals surface area contributed by atoms with E-state index in [2.05, 4.69) is 5.32 Å². The van der Waals surface area contributed by atoms with E-state index in [1.54, 1.807) is 26.0 Å². The third-order valence-electron chi connectivity index (χ3n) is 3.93. The van der Waals surface area contributed by atoms with E-state index in [0.29, 0.717) is 16.8 Å². The molecule has 0 bridgehead atoms. The molecule has 2 aromatic carbocycles. The maximum absolute atomic E-state index is 12.7. The maximum Gasteiger partial charge on any atom is 0.339 e. The monoisotopic (exact) mass is 347 g/mol. The second-order valence-corrected chi connectivity index (χ2v) is 7.32. The van der Waals surface area contributed by atoms with E-state index in [-0.39, 0.29) is 16.6 Å². The minimum absolute atomic E-state index is 0.196. The van der Waals surface area contributed by atoms with Gasteiger partial charge in [-0.1, -0.05) is 6.07 Å². The SMILES string of the molecule is CC(=O)Nc1ccc(OS(=O)(=O)c2c(C)c(C)cc(C)c2C)cc1. The largest absolute Gasteiger partial charge is 0.379 e. The quantitative estimate of drug-likeness (QED) is 0.857. The van der Waals surface area contributed by atoms with Gasteiger partial charge in [0.2, 0.25) is 5.91 Å². The van der Waals surface area contributed by atoms with Crippen molar-refractivity contribution < 1.29 is 17.4 Å². The zero-order valence-corrected chi connectivity index (χ0v) is 15.2. The first-order chi connectivity index (χ1) is 11.1. The van der Waals surface area contributed by atoms with Crippen LogP contribution in [-0.2, 0) is 14.9 Å². The Morgan fingerprint density at radius 2 is 1.46 bits per heavy atom. The van der Waals surface area contributed by atoms with Crippen molar-refractivity contribution in [3.05, 3.63) is 52.6 Å². The van der Waals surface area contributed by atoms with Gasteiger partial charge in [-0.3, -0.25) is 4.79 Å². The molecule has 0 atom stereocenters. The first-order valence-electron chi connectivity index (χ1n) is 7.51. The highest BCUT2D eigenvalue weighted by Crippen LogP contribution is 2.29. The minimum atomic E-state index is -3.94. The molecule has 128 valence electrons. The van der Waals surface area contributed by atoms with Crippen LogP contribution in [0.25, 0.3) is 0 Å². The summed E-state index contributed by atoms with van der Waals surface area (Å²) >= 11 is 0. The molecule has 0 saturated heterocycles. The number of carbonyl (C=O) groups is 1. The van der Waals surface area contributed by atoms with E-state index in [1.165, 1.54) is 19.1 Å². The molecule has 0 spiro atoms. The zero-order valence-electron chi connectivity index (χ0n) is 14.4. The first-order valence-corrected chi connectivity index (χ1v) is 8.92. The van der Waals surface area contributed by atoms with Gasteiger partial charge in [-0.05, 0) is 74.2 Å². The number of nitrogens with one attached hydrogen (secondary N) is 1. The second kappa shape index (κ2) is 6.65. The molecule has 5 nitrogen and oxygen atoms in total. The van der Waals surface area contributed by atoms with Gasteiger partial charge in [-0.15, -0.1) is 0 Å². The number of hydrogen-bond acceptors (Lipinski definition) is 4. The lowest BCUT2D eigenvalue weighted by atomic mass is 10.0. The van der Waals surface area contributed by atoms with Crippen molar-refractivity contribution in [2.75, 3.05) is 5.32 Å². The molecule has 0 aliphatic carbocycles. The Balaban J connectivity index is 2.38. The highest BCUT2D eigenvalue weighted by atomic mass is 32.2. The average molecular weight is 347 g/mol. The Labute approximate surface area is 142 Å². The van der Waals surface area contributed by atoms with Crippen molar-refractivity contribution in [2.45, 2.75) is 39.5 Å². The molecule has 1 amide bonds. The van der Waals surface area contributed by atoms with Gasteiger partial charge < -0.3 is 9.50 Å². The lowest BCUT2D eigenvalue weighted by molar-refractivity contribution is -0.114. The van der Waals surface area contributed by atoms with E-state index >= 15 is 0 Å². The van der Waals surface area contributed by atoms with Gasteiger partial charge in [0.05, 0.1) is 0 Å². The summed E-state index contributed by atoms with van der Waals surface area (Å²) in [5, 5.41) is 2.62. The molecule has 0 saturated carbocycles. The lowest BCUT2D eigenvalue weighted by Crippen LogP contribution is -2.14. The van der Waals surface area contributed by atoms with Gasteiger partial charge in [0.15, 0.2) is 0 Å². The number of amides is 1. The minimum Gasteiger partial charge on any atom is -0.379 e. The molecule has 0 fully saturated rings. The van der Waals surface area contributed by atoms with Crippen LogP contribution < -0.4 is 9.50 Å². The van der Waals surface area contributed by atoms with Gasteiger partial charge in [0, 0.05) is 12.6 Å². The molecule has 24 heavy (non-hydrogen) atoms. The number of benzene rings is 2. The summed E-state index contributed by atoms with van der Waals surface area (Å²) in [4.78, 5) is 11.2. The standard InChI is InChI=1S/C18H21NO4S/c1-11-10-12(2)14(4)18(13(11)3)24(21,22)23-17-8-6-16(7-9-17)19-15(5)20/h6-10H,1-5H3,(H,19,20). The van der Waals surface area contributed by atoms with Crippen molar-refractivity contribution >= 4 is 21.7 Å². The normalized spacial score (nSPS) is 11.2. The maximum atomic E-state index is 12.7. The molecule has 2 aromatic rings. The van der Waals surface area contributed by atoms with Gasteiger partial charge in [0.1, 0.15) is 10.6 Å². The summed E-state index contributed by atoms with van der Waals surface area (Å²) in [5.41, 5.74) is 3.76. The third-order valence-corrected chi connectivity index (χ3v) is 5.45. The van der Waals surface area contributed by atoms with Crippen LogP contribution in [-0.4, -0.2) is 14.3 Å². The van der Waals surface area contributed by atoms with E-state index in [9.17, 15) is 13.2 Å². The number of rotatable bonds is 4. The van der Waals surface area contributed by atoms with Crippen LogP contribution in [0.5, 0.6) is 5.75 Å². The predicted molar refractivity (Wildman–Crippen MR) is 93.9 cm³/mol. The molecule has 0 aliphatic heterocycles. The molecule has 0 heterocycles. The van der Waals surface area contributed by atoms with E-state index in [1.807, 2.05) is 19.9 Å². The Kier molecular flexibility index (Phi) is 4.99. The van der Waals surface area contributed by atoms with Gasteiger partial charge in [-0.25, -0.2) is 0 Å². The van der Waals surface area contributed by atoms with Crippen molar-refractivity contribution in [3.8, 4) is 5.75 Å². The molecule has 2 rings (SSSR count). The highest BCUT2D eigenvalue weighted by molar-refractivity contribution is 7.87. The number of carbonyl (C=O) groups excluding carboxylic acids is 1. The van der Waals surface area contributed by atoms with Crippen LogP contribution in [0, 0.1) is 27.7 Å². The Morgan fingerprint density at radius 1 is 0.958 bits per heavy atom. The fourth-order valence-electron chi connectivity index (χ4n) is 2.52. The fraction of sp³-hybridized carbons (Fsp3) is 0.278. The third kappa shape index (κ3) is 3.76. The molecule has 0 aromatic heterocycles. The summed E-state index contributed by atoms with van der Waals surface area (Å²) < 4.78 is 30.7. The summed E-state index contributed by atoms with van der Waals surface area (Å²) in [5.74, 6) is -0.000151. The van der Waals surface area contributed by atoms with E-state index < -0.39 is 10.1 Å². The Bertz CT molecular complexity index is 858. The zero-order chi connectivity index (χ0) is 18.1. The van der Waals surface area contributed by atoms with Crippen molar-refractivity contribution in [3.63, 3.8) is 0 Å². The van der Waals surface area contributed by atoms with Gasteiger partial charge in [0.25, 0.3) is 0 Å². The summed E-state index contributed by atoms with van der Waals surface area (Å²) in [6.07, 6.45) is 0. The summed E-state index contributed by atoms with van der Waals surface area (Å²) in [6, 6.07) is 8.17. The van der Waals surface area contributed by atoms with Crippen LogP contribution in [0.4, 0.5) is 5.69 Å². The highest BCUT2D eigenvalue weighted by Gasteiger charge is 2.24. The van der Waals surface area contributed by atoms with Crippen LogP contribution in [0.2, 0.25) is 0 Å². The lowest BCUT2D eigenvalue weighted by Gasteiger charge is -2.16. The molecule has 0 radical (unpaired) electrons. The van der Waals surface area contributed by atoms with Crippen molar-refractivity contribution in [1.29, 1.82) is 0 Å². The molecular weight excluding hydrogens is 326 g/mol. The van der Waals surface area contributed by atoms with E-state index in [0.717, 1.165) is 11.1 Å². The predicted octanol–water partition coefficient (Wildman–Crippen LogP) is 3.65. The molecule has 6 heteroatoms. The number of anilines is 1. The summed E-state index contributed by atoms with van der Waals surface area (Å²) in [6.45, 7) is 8.71. The Morgan fingerprint density at radius 3 is 1.92 bits per heavy atom. The molecular formula is C18H21NO4S. The molecule has 1 N–H and O–H groups in total. The van der Waals surface area contributed by atoms with Crippen LogP contribution in [0.1, 0.15) is 29.2 Å². The first kappa shape index (κ1) is 18.0. The van der Waals surface area contributed by atoms with Crippen LogP contribution in [0.3, 0.4) is 0 Å². The van der Waals surface area contributed by atoms with Crippen molar-refractivity contribution in [2.24, 2.45) is 0 Å². The average Bonchev–Trinajstić information content (AvgIpc) is 2.46. The second-order valence-electron chi connectivity index (χ2n) is 5.83. The Hall–Kier alpha value is -2.34. The van der Waals surface area contributed by atoms with Crippen LogP contribution >= 0.6 is 0 Å². The molecule has 0 aliphatic rings. The van der Waals surface area contributed by atoms with Crippen molar-refractivity contribution in [1.82, 2.24) is 0 Å². The number of hydrogen-bond donors (Lipinski definition) is 1. The number of aryl methyl sites for hydroxylation is 2. The molecule has 0 unspecified atom stereocenters. The van der Waals surface area contributed by atoms with Crippen LogP contribution in [0.15, 0.2) is 35.2 Å². The fourth-order valence-corrected chi connectivity index (χ4v) is 4.04. The van der Waals surface area contributed by atoms with E-state index in [4.69, 9.17) is 4.18 Å². The summed E-state index contributed by atoms with van der Waals surface area (Å²) in [7, 11) is -3.94.